The van der Waals surface area contributed by atoms with Crippen LogP contribution in [-0.2, 0) is 11.3 Å². The van der Waals surface area contributed by atoms with Gasteiger partial charge in [0.25, 0.3) is 5.91 Å². The first-order valence-electron chi connectivity index (χ1n) is 6.92. The minimum absolute atomic E-state index is 0.275. The van der Waals surface area contributed by atoms with E-state index in [0.29, 0.717) is 6.54 Å². The summed E-state index contributed by atoms with van der Waals surface area (Å²) in [7, 11) is 1.59. The van der Waals surface area contributed by atoms with Crippen molar-refractivity contribution in [2.24, 2.45) is 0 Å². The molecule has 0 fully saturated rings. The molecule has 6 nitrogen and oxygen atoms in total. The zero-order chi connectivity index (χ0) is 17.7. The third-order valence-electron chi connectivity index (χ3n) is 3.26. The van der Waals surface area contributed by atoms with Crippen molar-refractivity contribution in [2.45, 2.75) is 6.54 Å². The van der Waals surface area contributed by atoms with Gasteiger partial charge in [0.15, 0.2) is 6.61 Å². The average Bonchev–Trinajstić information content (AvgIpc) is 2.54. The molecule has 8 heteroatoms. The topological polar surface area (TPSA) is 72.7 Å². The summed E-state index contributed by atoms with van der Waals surface area (Å²) in [5, 5.41) is 10.9. The highest BCUT2D eigenvalue weighted by atomic mass is 79.9. The lowest BCUT2D eigenvalue weighted by Gasteiger charge is -2.18. The van der Waals surface area contributed by atoms with Crippen LogP contribution in [0.1, 0.15) is 5.56 Å². The highest BCUT2D eigenvalue weighted by Gasteiger charge is 2.18. The van der Waals surface area contributed by atoms with Crippen molar-refractivity contribution < 1.29 is 18.8 Å². The molecule has 24 heavy (non-hydrogen) atoms. The summed E-state index contributed by atoms with van der Waals surface area (Å²) < 4.78 is 19.2. The van der Waals surface area contributed by atoms with E-state index in [-0.39, 0.29) is 11.7 Å². The van der Waals surface area contributed by atoms with Gasteiger partial charge in [-0.15, -0.1) is 0 Å². The molecule has 2 aromatic rings. The number of likely N-dealkylation sites (N-methyl/N-ethyl adjacent to an activating group) is 1. The predicted octanol–water partition coefficient (Wildman–Crippen LogP) is 3.53. The molecule has 126 valence electrons. The van der Waals surface area contributed by atoms with Crippen molar-refractivity contribution in [3.63, 3.8) is 0 Å². The van der Waals surface area contributed by atoms with Gasteiger partial charge in [-0.25, -0.2) is 4.39 Å². The van der Waals surface area contributed by atoms with Crippen LogP contribution >= 0.6 is 15.9 Å². The van der Waals surface area contributed by atoms with Crippen LogP contribution in [0.25, 0.3) is 0 Å². The molecule has 1 amide bonds. The number of amides is 1. The Balaban J connectivity index is 2.02. The van der Waals surface area contributed by atoms with Crippen molar-refractivity contribution in [1.82, 2.24) is 4.90 Å². The summed E-state index contributed by atoms with van der Waals surface area (Å²) in [6.45, 7) is -0.0832. The molecule has 0 unspecified atom stereocenters. The van der Waals surface area contributed by atoms with Crippen LogP contribution in [-0.4, -0.2) is 29.4 Å². The number of halogens is 2. The fourth-order valence-corrected chi connectivity index (χ4v) is 2.38. The molecule has 0 heterocycles. The maximum Gasteiger partial charge on any atom is 0.311 e. The Morgan fingerprint density at radius 1 is 1.33 bits per heavy atom. The van der Waals surface area contributed by atoms with E-state index < -0.39 is 23.0 Å². The number of carbonyl (C=O) groups excluding carboxylic acids is 1. The summed E-state index contributed by atoms with van der Waals surface area (Å²) in [4.78, 5) is 23.7. The van der Waals surface area contributed by atoms with Crippen LogP contribution in [0, 0.1) is 15.9 Å². The van der Waals surface area contributed by atoms with Crippen molar-refractivity contribution >= 4 is 27.5 Å². The number of ether oxygens (including phenoxy) is 1. The summed E-state index contributed by atoms with van der Waals surface area (Å²) in [6.07, 6.45) is 0. The van der Waals surface area contributed by atoms with Gasteiger partial charge < -0.3 is 9.64 Å². The van der Waals surface area contributed by atoms with E-state index in [0.717, 1.165) is 28.2 Å². The second-order valence-electron chi connectivity index (χ2n) is 5.00. The lowest BCUT2D eigenvalue weighted by Crippen LogP contribution is -2.31. The number of carbonyl (C=O) groups is 1. The number of nitro groups is 1. The predicted molar refractivity (Wildman–Crippen MR) is 89.2 cm³/mol. The molecule has 2 rings (SSSR count). The molecule has 2 aromatic carbocycles. The van der Waals surface area contributed by atoms with Gasteiger partial charge in [0.1, 0.15) is 5.82 Å². The smallest absolute Gasteiger partial charge is 0.311 e. The molecule has 0 saturated heterocycles. The summed E-state index contributed by atoms with van der Waals surface area (Å²) >= 11 is 3.40. The van der Waals surface area contributed by atoms with Crippen LogP contribution in [0.4, 0.5) is 10.1 Å². The van der Waals surface area contributed by atoms with Crippen LogP contribution in [0.15, 0.2) is 46.9 Å². The highest BCUT2D eigenvalue weighted by Crippen LogP contribution is 2.27. The molecule has 0 atom stereocenters. The Kier molecular flexibility index (Phi) is 5.86. The Labute approximate surface area is 146 Å². The van der Waals surface area contributed by atoms with Gasteiger partial charge in [0.05, 0.1) is 4.92 Å². The van der Waals surface area contributed by atoms with E-state index in [2.05, 4.69) is 15.9 Å². The maximum absolute atomic E-state index is 13.2. The van der Waals surface area contributed by atoms with Gasteiger partial charge in [-0.05, 0) is 17.7 Å². The van der Waals surface area contributed by atoms with Gasteiger partial charge in [-0.2, -0.15) is 0 Å². The van der Waals surface area contributed by atoms with Crippen LogP contribution in [0.3, 0.4) is 0 Å². The number of hydrogen-bond donors (Lipinski definition) is 0. The molecule has 0 N–H and O–H groups in total. The van der Waals surface area contributed by atoms with Gasteiger partial charge in [-0.1, -0.05) is 34.1 Å². The average molecular weight is 397 g/mol. The fourth-order valence-electron chi connectivity index (χ4n) is 1.97. The normalized spacial score (nSPS) is 10.3. The first kappa shape index (κ1) is 17.9. The third-order valence-corrected chi connectivity index (χ3v) is 4.03. The third kappa shape index (κ3) is 4.51. The first-order valence-corrected chi connectivity index (χ1v) is 7.72. The lowest BCUT2D eigenvalue weighted by atomic mass is 10.2. The van der Waals surface area contributed by atoms with Crippen molar-refractivity contribution in [2.75, 3.05) is 13.7 Å². The first-order chi connectivity index (χ1) is 11.4. The van der Waals surface area contributed by atoms with E-state index in [4.69, 9.17) is 4.74 Å². The van der Waals surface area contributed by atoms with Gasteiger partial charge in [0, 0.05) is 30.2 Å². The summed E-state index contributed by atoms with van der Waals surface area (Å²) in [5.41, 5.74) is 0.516. The second kappa shape index (κ2) is 7.87. The molecule has 0 bridgehead atoms. The monoisotopic (exact) mass is 396 g/mol. The Hall–Kier alpha value is -2.48. The van der Waals surface area contributed by atoms with Gasteiger partial charge in [-0.3, -0.25) is 14.9 Å². The van der Waals surface area contributed by atoms with Crippen molar-refractivity contribution in [3.8, 4) is 5.75 Å². The quantitative estimate of drug-likeness (QED) is 0.552. The second-order valence-corrected chi connectivity index (χ2v) is 5.85. The molecular formula is C16H14BrFN2O4. The van der Waals surface area contributed by atoms with Gasteiger partial charge >= 0.3 is 5.69 Å². The number of nitro benzene ring substituents is 1. The van der Waals surface area contributed by atoms with E-state index >= 15 is 0 Å². The zero-order valence-electron chi connectivity index (χ0n) is 12.7. The molecule has 0 radical (unpaired) electrons. The Morgan fingerprint density at radius 3 is 2.71 bits per heavy atom. The van der Waals surface area contributed by atoms with Gasteiger partial charge in [0.2, 0.25) is 5.75 Å². The lowest BCUT2D eigenvalue weighted by molar-refractivity contribution is -0.385. The van der Waals surface area contributed by atoms with E-state index in [9.17, 15) is 19.3 Å². The number of nitrogens with zero attached hydrogens (tertiary/aromatic N) is 2. The molecule has 0 aliphatic heterocycles. The number of rotatable bonds is 6. The van der Waals surface area contributed by atoms with E-state index in [1.54, 1.807) is 7.05 Å². The fraction of sp³-hybridized carbons (Fsp3) is 0.188. The number of benzene rings is 2. The molecule has 0 aliphatic rings. The standard InChI is InChI=1S/C16H14BrFN2O4/c1-19(9-11-4-2-3-5-13(11)17)16(21)10-24-15-8-12(18)6-7-14(15)20(22)23/h2-8H,9-10H2,1H3. The Morgan fingerprint density at radius 2 is 2.04 bits per heavy atom. The molecule has 0 aliphatic carbocycles. The zero-order valence-corrected chi connectivity index (χ0v) is 14.3. The largest absolute Gasteiger partial charge is 0.477 e. The summed E-state index contributed by atoms with van der Waals surface area (Å²) in [5.74, 6) is -1.34. The van der Waals surface area contributed by atoms with Crippen LogP contribution < -0.4 is 4.74 Å². The van der Waals surface area contributed by atoms with E-state index in [1.807, 2.05) is 24.3 Å². The van der Waals surface area contributed by atoms with Crippen molar-refractivity contribution in [1.29, 1.82) is 0 Å². The summed E-state index contributed by atoms with van der Waals surface area (Å²) in [6, 6.07) is 10.3. The molecular weight excluding hydrogens is 383 g/mol. The van der Waals surface area contributed by atoms with Crippen LogP contribution in [0.2, 0.25) is 0 Å². The van der Waals surface area contributed by atoms with Crippen LogP contribution in [0.5, 0.6) is 5.75 Å². The molecule has 0 saturated carbocycles. The molecule has 0 aromatic heterocycles. The number of hydrogen-bond acceptors (Lipinski definition) is 4. The highest BCUT2D eigenvalue weighted by molar-refractivity contribution is 9.10. The minimum atomic E-state index is -0.690. The molecule has 0 spiro atoms. The Bertz CT molecular complexity index is 769. The van der Waals surface area contributed by atoms with Crippen molar-refractivity contribution in [3.05, 3.63) is 68.4 Å². The minimum Gasteiger partial charge on any atom is -0.477 e. The maximum atomic E-state index is 13.2. The van der Waals surface area contributed by atoms with E-state index in [1.165, 1.54) is 4.90 Å². The SMILES string of the molecule is CN(Cc1ccccc1Br)C(=O)COc1cc(F)ccc1[N+](=O)[O-].